The summed E-state index contributed by atoms with van der Waals surface area (Å²) in [6.07, 6.45) is 0.145. The van der Waals surface area contributed by atoms with Gasteiger partial charge in [0.05, 0.1) is 12.1 Å². The molecule has 4 N–H and O–H groups in total. The number of primary amides is 1. The number of nitrogens with two attached hydrogens (primary N) is 1. The molecule has 0 aromatic heterocycles. The Morgan fingerprint density at radius 2 is 1.89 bits per heavy atom. The summed E-state index contributed by atoms with van der Waals surface area (Å²) in [4.78, 5) is 22.6. The number of carbonyl (C=O) groups excluding carboxylic acids is 2. The third-order valence-corrected chi connectivity index (χ3v) is 3.56. The van der Waals surface area contributed by atoms with Gasteiger partial charge >= 0.3 is 0 Å². The average Bonchev–Trinajstić information content (AvgIpc) is 2.64. The van der Waals surface area contributed by atoms with Gasteiger partial charge < -0.3 is 21.1 Å². The molecule has 140 valence electrons. The first-order valence-corrected chi connectivity index (χ1v) is 8.19. The molecule has 2 aromatic rings. The Balaban J connectivity index is 1.70. The molecule has 0 saturated heterocycles. The molecule has 0 aliphatic carbocycles. The number of hydrogen-bond donors (Lipinski definition) is 3. The molecule has 0 radical (unpaired) electrons. The predicted molar refractivity (Wildman–Crippen MR) is 97.4 cm³/mol. The van der Waals surface area contributed by atoms with Gasteiger partial charge in [-0.1, -0.05) is 18.2 Å². The van der Waals surface area contributed by atoms with Crippen LogP contribution in [0, 0.1) is 17.1 Å². The largest absolute Gasteiger partial charge is 0.484 e. The van der Waals surface area contributed by atoms with Gasteiger partial charge in [-0.3, -0.25) is 9.59 Å². The average molecular weight is 370 g/mol. The fourth-order valence-corrected chi connectivity index (χ4v) is 2.29. The molecule has 0 heterocycles. The quantitative estimate of drug-likeness (QED) is 0.576. The molecule has 27 heavy (non-hydrogen) atoms. The van der Waals surface area contributed by atoms with Crippen LogP contribution >= 0.6 is 0 Å². The molecule has 0 fully saturated rings. The third-order valence-electron chi connectivity index (χ3n) is 3.56. The van der Waals surface area contributed by atoms with Crippen LogP contribution in [0.2, 0.25) is 0 Å². The molecule has 0 unspecified atom stereocenters. The summed E-state index contributed by atoms with van der Waals surface area (Å²) in [6, 6.07) is 12.8. The summed E-state index contributed by atoms with van der Waals surface area (Å²) >= 11 is 0. The zero-order valence-electron chi connectivity index (χ0n) is 14.5. The van der Waals surface area contributed by atoms with Crippen molar-refractivity contribution < 1.29 is 18.7 Å². The number of ether oxygens (including phenoxy) is 1. The molecule has 0 atom stereocenters. The van der Waals surface area contributed by atoms with Crippen LogP contribution in [0.15, 0.2) is 42.5 Å². The molecule has 2 amide bonds. The van der Waals surface area contributed by atoms with Crippen molar-refractivity contribution in [3.05, 3.63) is 59.4 Å². The number of anilines is 1. The first-order valence-electron chi connectivity index (χ1n) is 8.19. The van der Waals surface area contributed by atoms with Crippen LogP contribution in [0.5, 0.6) is 5.75 Å². The van der Waals surface area contributed by atoms with Crippen molar-refractivity contribution in [2.45, 2.75) is 6.42 Å². The highest BCUT2D eigenvalue weighted by molar-refractivity contribution is 5.77. The molecular formula is C19H19FN4O3. The standard InChI is InChI=1S/C19H19FN4O3/c20-16-2-1-3-17(15(16)11-21)23-8-9-24-19(26)12-27-14-6-4-13(5-7-14)10-18(22)25/h1-7,23H,8-10,12H2,(H2,22,25)(H,24,26). The summed E-state index contributed by atoms with van der Waals surface area (Å²) in [6.45, 7) is 0.436. The van der Waals surface area contributed by atoms with Crippen molar-refractivity contribution in [3.63, 3.8) is 0 Å². The van der Waals surface area contributed by atoms with E-state index in [0.717, 1.165) is 5.56 Å². The van der Waals surface area contributed by atoms with Gasteiger partial charge in [0.25, 0.3) is 5.91 Å². The van der Waals surface area contributed by atoms with Crippen LogP contribution in [-0.4, -0.2) is 31.5 Å². The van der Waals surface area contributed by atoms with Gasteiger partial charge in [0, 0.05) is 13.1 Å². The first kappa shape index (κ1) is 19.7. The number of nitrogens with zero attached hydrogens (tertiary/aromatic N) is 1. The van der Waals surface area contributed by atoms with E-state index in [2.05, 4.69) is 10.6 Å². The van der Waals surface area contributed by atoms with E-state index >= 15 is 0 Å². The Kier molecular flexibility index (Phi) is 7.14. The van der Waals surface area contributed by atoms with Gasteiger partial charge in [0.2, 0.25) is 5.91 Å². The first-order chi connectivity index (χ1) is 13.0. The zero-order chi connectivity index (χ0) is 19.6. The number of nitriles is 1. The Morgan fingerprint density at radius 1 is 1.15 bits per heavy atom. The summed E-state index contributed by atoms with van der Waals surface area (Å²) in [5.41, 5.74) is 6.19. The van der Waals surface area contributed by atoms with Gasteiger partial charge in [0.1, 0.15) is 23.2 Å². The molecule has 0 aliphatic heterocycles. The second-order valence-electron chi connectivity index (χ2n) is 5.63. The van der Waals surface area contributed by atoms with E-state index < -0.39 is 11.7 Å². The molecule has 0 bridgehead atoms. The highest BCUT2D eigenvalue weighted by Crippen LogP contribution is 2.17. The van der Waals surface area contributed by atoms with Gasteiger partial charge in [-0.15, -0.1) is 0 Å². The van der Waals surface area contributed by atoms with Crippen molar-refractivity contribution in [1.82, 2.24) is 5.32 Å². The van der Waals surface area contributed by atoms with Crippen LogP contribution in [0.3, 0.4) is 0 Å². The minimum atomic E-state index is -0.596. The molecule has 0 aliphatic rings. The normalized spacial score (nSPS) is 9.93. The fraction of sp³-hybridized carbons (Fsp3) is 0.211. The number of carbonyl (C=O) groups is 2. The Hall–Kier alpha value is -3.60. The maximum Gasteiger partial charge on any atom is 0.258 e. The van der Waals surface area contributed by atoms with Gasteiger partial charge in [-0.05, 0) is 29.8 Å². The highest BCUT2D eigenvalue weighted by Gasteiger charge is 2.07. The van der Waals surface area contributed by atoms with Crippen molar-refractivity contribution in [3.8, 4) is 11.8 Å². The van der Waals surface area contributed by atoms with Gasteiger partial charge in [-0.2, -0.15) is 5.26 Å². The monoisotopic (exact) mass is 370 g/mol. The third kappa shape index (κ3) is 6.32. The summed E-state index contributed by atoms with van der Waals surface area (Å²) in [5.74, 6) is -0.841. The van der Waals surface area contributed by atoms with Crippen molar-refractivity contribution in [1.29, 1.82) is 5.26 Å². The van der Waals surface area contributed by atoms with E-state index in [0.29, 0.717) is 18.0 Å². The zero-order valence-corrected chi connectivity index (χ0v) is 14.5. The van der Waals surface area contributed by atoms with E-state index in [1.54, 1.807) is 36.4 Å². The lowest BCUT2D eigenvalue weighted by Crippen LogP contribution is -2.32. The topological polar surface area (TPSA) is 117 Å². The minimum Gasteiger partial charge on any atom is -0.484 e. The van der Waals surface area contributed by atoms with E-state index in [-0.39, 0.29) is 31.0 Å². The second kappa shape index (κ2) is 9.77. The Morgan fingerprint density at radius 3 is 2.56 bits per heavy atom. The van der Waals surface area contributed by atoms with Crippen molar-refractivity contribution in [2.24, 2.45) is 5.73 Å². The Labute approximate surface area is 155 Å². The van der Waals surface area contributed by atoms with E-state index in [4.69, 9.17) is 15.7 Å². The van der Waals surface area contributed by atoms with Gasteiger partial charge in [0.15, 0.2) is 6.61 Å². The molecule has 2 aromatic carbocycles. The van der Waals surface area contributed by atoms with E-state index in [9.17, 15) is 14.0 Å². The lowest BCUT2D eigenvalue weighted by Gasteiger charge is -2.10. The lowest BCUT2D eigenvalue weighted by atomic mass is 10.1. The summed E-state index contributed by atoms with van der Waals surface area (Å²) in [5, 5.41) is 14.5. The van der Waals surface area contributed by atoms with Crippen molar-refractivity contribution >= 4 is 17.5 Å². The van der Waals surface area contributed by atoms with Crippen LogP contribution in [0.25, 0.3) is 0 Å². The number of amides is 2. The molecule has 0 spiro atoms. The van der Waals surface area contributed by atoms with Crippen molar-refractivity contribution in [2.75, 3.05) is 25.0 Å². The van der Waals surface area contributed by atoms with Crippen LogP contribution in [-0.2, 0) is 16.0 Å². The number of halogens is 1. The second-order valence-corrected chi connectivity index (χ2v) is 5.63. The fourth-order valence-electron chi connectivity index (χ4n) is 2.29. The number of nitrogens with one attached hydrogen (secondary N) is 2. The number of rotatable bonds is 9. The molecular weight excluding hydrogens is 351 g/mol. The SMILES string of the molecule is N#Cc1c(F)cccc1NCCNC(=O)COc1ccc(CC(N)=O)cc1. The number of benzene rings is 2. The van der Waals surface area contributed by atoms with Crippen LogP contribution < -0.4 is 21.1 Å². The van der Waals surface area contributed by atoms with Crippen LogP contribution in [0.1, 0.15) is 11.1 Å². The maximum atomic E-state index is 13.5. The molecule has 2 rings (SSSR count). The highest BCUT2D eigenvalue weighted by atomic mass is 19.1. The molecule has 8 heteroatoms. The number of hydrogen-bond acceptors (Lipinski definition) is 5. The molecule has 0 saturated carbocycles. The maximum absolute atomic E-state index is 13.5. The predicted octanol–water partition coefficient (Wildman–Crippen LogP) is 1.33. The van der Waals surface area contributed by atoms with E-state index in [1.165, 1.54) is 12.1 Å². The summed E-state index contributed by atoms with van der Waals surface area (Å²) < 4.78 is 18.8. The van der Waals surface area contributed by atoms with Crippen LogP contribution in [0.4, 0.5) is 10.1 Å². The van der Waals surface area contributed by atoms with E-state index in [1.807, 2.05) is 0 Å². The Bertz CT molecular complexity index is 847. The smallest absolute Gasteiger partial charge is 0.258 e. The minimum absolute atomic E-state index is 0.0630. The lowest BCUT2D eigenvalue weighted by molar-refractivity contribution is -0.123. The van der Waals surface area contributed by atoms with Gasteiger partial charge in [-0.25, -0.2) is 4.39 Å². The summed E-state index contributed by atoms with van der Waals surface area (Å²) in [7, 11) is 0. The molecule has 7 nitrogen and oxygen atoms in total.